The number of rotatable bonds is 4. The Kier molecular flexibility index (Phi) is 4.07. The molecule has 0 atom stereocenters. The van der Waals surface area contributed by atoms with E-state index in [-0.39, 0.29) is 11.7 Å². The van der Waals surface area contributed by atoms with E-state index in [1.807, 2.05) is 18.4 Å². The maximum atomic E-state index is 11.9. The molecular formula is C15H16N2O4. The zero-order valence-electron chi connectivity index (χ0n) is 12.1. The predicted octanol–water partition coefficient (Wildman–Crippen LogP) is 3.18. The number of nitrogens with zero attached hydrogens (tertiary/aromatic N) is 2. The number of carbonyl (C=O) groups is 1. The number of aromatic nitrogens is 1. The van der Waals surface area contributed by atoms with Crippen molar-refractivity contribution in [2.45, 2.75) is 20.8 Å². The Hall–Kier alpha value is -2.63. The van der Waals surface area contributed by atoms with Gasteiger partial charge in [0, 0.05) is 29.2 Å². The number of esters is 1. The van der Waals surface area contributed by atoms with Crippen molar-refractivity contribution in [3.05, 3.63) is 57.4 Å². The molecule has 6 nitrogen and oxygen atoms in total. The van der Waals surface area contributed by atoms with Gasteiger partial charge < -0.3 is 9.30 Å². The number of nitro benzene ring substituents is 1. The highest BCUT2D eigenvalue weighted by molar-refractivity contribution is 5.91. The van der Waals surface area contributed by atoms with Crippen molar-refractivity contribution >= 4 is 11.7 Å². The standard InChI is InChI=1S/C15H16N2O4/c1-4-21-15(18)14-9-10(2)16(11(14)3)12-5-7-13(8-6-12)17(19)20/h5-9H,4H2,1-3H3. The molecule has 21 heavy (non-hydrogen) atoms. The van der Waals surface area contributed by atoms with E-state index in [9.17, 15) is 14.9 Å². The quantitative estimate of drug-likeness (QED) is 0.492. The van der Waals surface area contributed by atoms with Crippen LogP contribution in [0, 0.1) is 24.0 Å². The second kappa shape index (κ2) is 5.78. The summed E-state index contributed by atoms with van der Waals surface area (Å²) in [5.41, 5.74) is 2.93. The van der Waals surface area contributed by atoms with E-state index in [2.05, 4.69) is 0 Å². The van der Waals surface area contributed by atoms with Crippen LogP contribution in [0.3, 0.4) is 0 Å². The molecule has 0 amide bonds. The molecule has 0 fully saturated rings. The number of aryl methyl sites for hydroxylation is 1. The van der Waals surface area contributed by atoms with Crippen molar-refractivity contribution in [2.75, 3.05) is 6.61 Å². The van der Waals surface area contributed by atoms with Crippen LogP contribution in [0.4, 0.5) is 5.69 Å². The van der Waals surface area contributed by atoms with Crippen LogP contribution in [0.5, 0.6) is 0 Å². The molecule has 0 radical (unpaired) electrons. The lowest BCUT2D eigenvalue weighted by Gasteiger charge is -2.09. The SMILES string of the molecule is CCOC(=O)c1cc(C)n(-c2ccc([N+](=O)[O-])cc2)c1C. The van der Waals surface area contributed by atoms with Crippen molar-refractivity contribution in [3.8, 4) is 5.69 Å². The summed E-state index contributed by atoms with van der Waals surface area (Å²) in [5.74, 6) is -0.362. The summed E-state index contributed by atoms with van der Waals surface area (Å²) in [6, 6.07) is 7.96. The van der Waals surface area contributed by atoms with Gasteiger partial charge in [-0.2, -0.15) is 0 Å². The number of nitro groups is 1. The first-order chi connectivity index (χ1) is 9.95. The molecule has 0 spiro atoms. The Bertz CT molecular complexity index is 686. The molecule has 0 aliphatic heterocycles. The summed E-state index contributed by atoms with van der Waals surface area (Å²) < 4.78 is 6.89. The Morgan fingerprint density at radius 3 is 2.43 bits per heavy atom. The molecular weight excluding hydrogens is 272 g/mol. The molecule has 0 aliphatic rings. The largest absolute Gasteiger partial charge is 0.462 e. The van der Waals surface area contributed by atoms with E-state index in [4.69, 9.17) is 4.74 Å². The Morgan fingerprint density at radius 1 is 1.29 bits per heavy atom. The molecule has 0 saturated carbocycles. The summed E-state index contributed by atoms with van der Waals surface area (Å²) in [4.78, 5) is 22.1. The average Bonchev–Trinajstić information content (AvgIpc) is 2.74. The first kappa shape index (κ1) is 14.8. The molecule has 1 aromatic carbocycles. The highest BCUT2D eigenvalue weighted by Gasteiger charge is 2.17. The zero-order chi connectivity index (χ0) is 15.6. The second-order valence-corrected chi connectivity index (χ2v) is 4.61. The van der Waals surface area contributed by atoms with Gasteiger partial charge in [0.2, 0.25) is 0 Å². The summed E-state index contributed by atoms with van der Waals surface area (Å²) in [5, 5.41) is 10.7. The molecule has 2 aromatic rings. The van der Waals surface area contributed by atoms with E-state index in [0.717, 1.165) is 17.1 Å². The van der Waals surface area contributed by atoms with Crippen LogP contribution in [0.2, 0.25) is 0 Å². The van der Waals surface area contributed by atoms with Gasteiger partial charge in [0.25, 0.3) is 5.69 Å². The molecule has 0 unspecified atom stereocenters. The van der Waals surface area contributed by atoms with Crippen LogP contribution in [0.25, 0.3) is 5.69 Å². The minimum Gasteiger partial charge on any atom is -0.462 e. The minimum atomic E-state index is -0.441. The first-order valence-electron chi connectivity index (χ1n) is 6.56. The van der Waals surface area contributed by atoms with Gasteiger partial charge in [-0.15, -0.1) is 0 Å². The van der Waals surface area contributed by atoms with Crippen LogP contribution in [0.15, 0.2) is 30.3 Å². The molecule has 0 bridgehead atoms. The number of ether oxygens (including phenoxy) is 1. The molecule has 110 valence electrons. The monoisotopic (exact) mass is 288 g/mol. The molecule has 0 aliphatic carbocycles. The van der Waals surface area contributed by atoms with Gasteiger partial charge >= 0.3 is 5.97 Å². The van der Waals surface area contributed by atoms with E-state index >= 15 is 0 Å². The maximum Gasteiger partial charge on any atom is 0.339 e. The van der Waals surface area contributed by atoms with Crippen LogP contribution in [-0.4, -0.2) is 22.1 Å². The number of hydrogen-bond donors (Lipinski definition) is 0. The number of carbonyl (C=O) groups excluding carboxylic acids is 1. The lowest BCUT2D eigenvalue weighted by atomic mass is 10.2. The zero-order valence-corrected chi connectivity index (χ0v) is 12.1. The summed E-state index contributed by atoms with van der Waals surface area (Å²) in [7, 11) is 0. The van der Waals surface area contributed by atoms with Crippen LogP contribution < -0.4 is 0 Å². The average molecular weight is 288 g/mol. The molecule has 1 heterocycles. The van der Waals surface area contributed by atoms with Crippen molar-refractivity contribution in [3.63, 3.8) is 0 Å². The third kappa shape index (κ3) is 2.79. The summed E-state index contributed by atoms with van der Waals surface area (Å²) in [6.07, 6.45) is 0. The summed E-state index contributed by atoms with van der Waals surface area (Å²) >= 11 is 0. The number of hydrogen-bond acceptors (Lipinski definition) is 4. The van der Waals surface area contributed by atoms with Gasteiger partial charge in [-0.05, 0) is 39.0 Å². The fourth-order valence-corrected chi connectivity index (χ4v) is 2.30. The summed E-state index contributed by atoms with van der Waals surface area (Å²) in [6.45, 7) is 5.77. The lowest BCUT2D eigenvalue weighted by Crippen LogP contribution is -2.06. The van der Waals surface area contributed by atoms with E-state index in [1.165, 1.54) is 12.1 Å². The van der Waals surface area contributed by atoms with Crippen LogP contribution in [-0.2, 0) is 4.74 Å². The first-order valence-corrected chi connectivity index (χ1v) is 6.56. The van der Waals surface area contributed by atoms with Crippen molar-refractivity contribution < 1.29 is 14.5 Å². The van der Waals surface area contributed by atoms with E-state index < -0.39 is 4.92 Å². The highest BCUT2D eigenvalue weighted by Crippen LogP contribution is 2.23. The Morgan fingerprint density at radius 2 is 1.90 bits per heavy atom. The third-order valence-electron chi connectivity index (χ3n) is 3.25. The number of benzene rings is 1. The fourth-order valence-electron chi connectivity index (χ4n) is 2.30. The van der Waals surface area contributed by atoms with Gasteiger partial charge in [-0.3, -0.25) is 10.1 Å². The number of non-ortho nitro benzene ring substituents is 1. The van der Waals surface area contributed by atoms with E-state index in [0.29, 0.717) is 12.2 Å². The predicted molar refractivity (Wildman–Crippen MR) is 77.9 cm³/mol. The molecule has 0 saturated heterocycles. The highest BCUT2D eigenvalue weighted by atomic mass is 16.6. The fraction of sp³-hybridized carbons (Fsp3) is 0.267. The van der Waals surface area contributed by atoms with Crippen molar-refractivity contribution in [1.29, 1.82) is 0 Å². The minimum absolute atomic E-state index is 0.0341. The Labute approximate surface area is 122 Å². The normalized spacial score (nSPS) is 10.4. The maximum absolute atomic E-state index is 11.9. The van der Waals surface area contributed by atoms with E-state index in [1.54, 1.807) is 25.1 Å². The van der Waals surface area contributed by atoms with Gasteiger partial charge in [-0.25, -0.2) is 4.79 Å². The smallest absolute Gasteiger partial charge is 0.339 e. The topological polar surface area (TPSA) is 74.4 Å². The van der Waals surface area contributed by atoms with Gasteiger partial charge in [0.05, 0.1) is 17.1 Å². The van der Waals surface area contributed by atoms with Crippen LogP contribution in [0.1, 0.15) is 28.7 Å². The molecule has 2 rings (SSSR count). The second-order valence-electron chi connectivity index (χ2n) is 4.61. The molecule has 1 aromatic heterocycles. The van der Waals surface area contributed by atoms with Gasteiger partial charge in [-0.1, -0.05) is 0 Å². The molecule has 0 N–H and O–H groups in total. The van der Waals surface area contributed by atoms with Crippen LogP contribution >= 0.6 is 0 Å². The van der Waals surface area contributed by atoms with Gasteiger partial charge in [0.1, 0.15) is 0 Å². The lowest BCUT2D eigenvalue weighted by molar-refractivity contribution is -0.384. The van der Waals surface area contributed by atoms with Crippen molar-refractivity contribution in [2.24, 2.45) is 0 Å². The van der Waals surface area contributed by atoms with Gasteiger partial charge in [0.15, 0.2) is 0 Å². The van der Waals surface area contributed by atoms with Crippen molar-refractivity contribution in [1.82, 2.24) is 4.57 Å². The third-order valence-corrected chi connectivity index (χ3v) is 3.25. The Balaban J connectivity index is 2.44. The molecule has 6 heteroatoms.